The van der Waals surface area contributed by atoms with Crippen LogP contribution in [0.15, 0.2) is 24.3 Å². The van der Waals surface area contributed by atoms with Gasteiger partial charge in [0.05, 0.1) is 6.61 Å². The number of benzene rings is 1. The van der Waals surface area contributed by atoms with Crippen LogP contribution in [0, 0.1) is 0 Å². The van der Waals surface area contributed by atoms with Crippen molar-refractivity contribution < 1.29 is 9.53 Å². The Labute approximate surface area is 121 Å². The van der Waals surface area contributed by atoms with E-state index < -0.39 is 0 Å². The second-order valence-electron chi connectivity index (χ2n) is 5.54. The normalized spacial score (nSPS) is 16.4. The predicted molar refractivity (Wildman–Crippen MR) is 81.2 cm³/mol. The highest BCUT2D eigenvalue weighted by Gasteiger charge is 2.15. The summed E-state index contributed by atoms with van der Waals surface area (Å²) in [5.74, 6) is 0.805. The summed E-state index contributed by atoms with van der Waals surface area (Å²) in [6.07, 6.45) is 8.24. The average molecular weight is 275 g/mol. The van der Waals surface area contributed by atoms with Crippen molar-refractivity contribution in [3.63, 3.8) is 0 Å². The summed E-state index contributed by atoms with van der Waals surface area (Å²) in [5.41, 5.74) is 0.697. The van der Waals surface area contributed by atoms with Gasteiger partial charge in [-0.1, -0.05) is 38.7 Å². The van der Waals surface area contributed by atoms with Gasteiger partial charge >= 0.3 is 0 Å². The van der Waals surface area contributed by atoms with Crippen LogP contribution in [-0.2, 0) is 0 Å². The van der Waals surface area contributed by atoms with Crippen LogP contribution in [0.2, 0.25) is 0 Å². The minimum atomic E-state index is 0.0267. The fourth-order valence-corrected chi connectivity index (χ4v) is 2.64. The molecule has 2 rings (SSSR count). The molecule has 20 heavy (non-hydrogen) atoms. The molecule has 0 saturated heterocycles. The van der Waals surface area contributed by atoms with Crippen molar-refractivity contribution in [3.8, 4) is 5.75 Å². The minimum absolute atomic E-state index is 0.0267. The van der Waals surface area contributed by atoms with Crippen LogP contribution in [0.25, 0.3) is 0 Å². The number of ether oxygens (including phenoxy) is 1. The smallest absolute Gasteiger partial charge is 0.251 e. The second kappa shape index (κ2) is 7.93. The molecule has 0 bridgehead atoms. The molecule has 1 fully saturated rings. The molecule has 1 aromatic carbocycles. The van der Waals surface area contributed by atoms with E-state index in [0.717, 1.165) is 25.0 Å². The minimum Gasteiger partial charge on any atom is -0.494 e. The lowest BCUT2D eigenvalue weighted by Crippen LogP contribution is -2.34. The number of hydrogen-bond donors (Lipinski definition) is 1. The van der Waals surface area contributed by atoms with E-state index in [1.807, 2.05) is 24.3 Å². The maximum Gasteiger partial charge on any atom is 0.251 e. The summed E-state index contributed by atoms with van der Waals surface area (Å²) in [6.45, 7) is 2.76. The maximum atomic E-state index is 12.3. The molecule has 1 amide bonds. The lowest BCUT2D eigenvalue weighted by atomic mass is 10.1. The number of amides is 1. The van der Waals surface area contributed by atoms with Crippen molar-refractivity contribution in [3.05, 3.63) is 29.8 Å². The molecule has 110 valence electrons. The highest BCUT2D eigenvalue weighted by atomic mass is 16.5. The van der Waals surface area contributed by atoms with Crippen LogP contribution in [0.5, 0.6) is 5.75 Å². The number of carbonyl (C=O) groups excluding carboxylic acids is 1. The van der Waals surface area contributed by atoms with E-state index in [2.05, 4.69) is 12.2 Å². The zero-order valence-electron chi connectivity index (χ0n) is 12.4. The largest absolute Gasteiger partial charge is 0.494 e. The first-order chi connectivity index (χ1) is 9.79. The fraction of sp³-hybridized carbons (Fsp3) is 0.588. The summed E-state index contributed by atoms with van der Waals surface area (Å²) in [6, 6.07) is 7.81. The van der Waals surface area contributed by atoms with E-state index in [-0.39, 0.29) is 5.91 Å². The Balaban J connectivity index is 1.93. The van der Waals surface area contributed by atoms with Crippen molar-refractivity contribution in [1.29, 1.82) is 0 Å². The number of rotatable bonds is 5. The second-order valence-corrected chi connectivity index (χ2v) is 5.54. The molecule has 3 heteroatoms. The summed E-state index contributed by atoms with van der Waals surface area (Å²) in [7, 11) is 0. The van der Waals surface area contributed by atoms with Gasteiger partial charge < -0.3 is 10.1 Å². The molecule has 0 spiro atoms. The monoisotopic (exact) mass is 275 g/mol. The highest BCUT2D eigenvalue weighted by molar-refractivity contribution is 5.94. The van der Waals surface area contributed by atoms with Gasteiger partial charge in [0.2, 0.25) is 0 Å². The van der Waals surface area contributed by atoms with E-state index in [1.165, 1.54) is 25.7 Å². The molecule has 0 aromatic heterocycles. The van der Waals surface area contributed by atoms with Gasteiger partial charge in [-0.3, -0.25) is 4.79 Å². The Kier molecular flexibility index (Phi) is 5.90. The molecule has 1 N–H and O–H groups in total. The summed E-state index contributed by atoms with van der Waals surface area (Å²) >= 11 is 0. The fourth-order valence-electron chi connectivity index (χ4n) is 2.64. The van der Waals surface area contributed by atoms with Crippen LogP contribution in [-0.4, -0.2) is 18.6 Å². The molecule has 1 aromatic rings. The van der Waals surface area contributed by atoms with Gasteiger partial charge in [-0.25, -0.2) is 0 Å². The lowest BCUT2D eigenvalue weighted by Gasteiger charge is -2.16. The first-order valence-electron chi connectivity index (χ1n) is 7.83. The number of hydrogen-bond acceptors (Lipinski definition) is 2. The Hall–Kier alpha value is -1.51. The van der Waals surface area contributed by atoms with E-state index in [1.54, 1.807) is 0 Å². The van der Waals surface area contributed by atoms with Crippen LogP contribution in [0.1, 0.15) is 62.2 Å². The Morgan fingerprint density at radius 2 is 2.00 bits per heavy atom. The molecule has 0 aliphatic heterocycles. The van der Waals surface area contributed by atoms with Gasteiger partial charge in [-0.05, 0) is 37.5 Å². The van der Waals surface area contributed by atoms with Crippen LogP contribution in [0.4, 0.5) is 0 Å². The van der Waals surface area contributed by atoms with Gasteiger partial charge in [-0.2, -0.15) is 0 Å². The zero-order chi connectivity index (χ0) is 14.2. The van der Waals surface area contributed by atoms with Crippen LogP contribution in [0.3, 0.4) is 0 Å². The van der Waals surface area contributed by atoms with E-state index in [0.29, 0.717) is 18.2 Å². The van der Waals surface area contributed by atoms with Crippen LogP contribution >= 0.6 is 0 Å². The van der Waals surface area contributed by atoms with E-state index in [9.17, 15) is 4.79 Å². The zero-order valence-corrected chi connectivity index (χ0v) is 12.4. The molecule has 1 aliphatic rings. The van der Waals surface area contributed by atoms with E-state index >= 15 is 0 Å². The van der Waals surface area contributed by atoms with Gasteiger partial charge in [-0.15, -0.1) is 0 Å². The molecular weight excluding hydrogens is 250 g/mol. The third kappa shape index (κ3) is 4.55. The van der Waals surface area contributed by atoms with Gasteiger partial charge in [0.25, 0.3) is 5.91 Å². The highest BCUT2D eigenvalue weighted by Crippen LogP contribution is 2.18. The van der Waals surface area contributed by atoms with Gasteiger partial charge in [0, 0.05) is 11.6 Å². The topological polar surface area (TPSA) is 38.3 Å². The Morgan fingerprint density at radius 3 is 2.70 bits per heavy atom. The standard InChI is InChI=1S/C17H25NO2/c1-2-12-20-16-11-7-8-14(13-16)17(19)18-15-9-5-3-4-6-10-15/h7-8,11,13,15H,2-6,9-10,12H2,1H3,(H,18,19). The van der Waals surface area contributed by atoms with Gasteiger partial charge in [0.15, 0.2) is 0 Å². The lowest BCUT2D eigenvalue weighted by molar-refractivity contribution is 0.0933. The van der Waals surface area contributed by atoms with Crippen molar-refractivity contribution >= 4 is 5.91 Å². The summed E-state index contributed by atoms with van der Waals surface area (Å²) in [4.78, 5) is 12.3. The Bertz CT molecular complexity index is 423. The SMILES string of the molecule is CCCOc1cccc(C(=O)NC2CCCCCC2)c1. The van der Waals surface area contributed by atoms with Crippen molar-refractivity contribution in [2.24, 2.45) is 0 Å². The van der Waals surface area contributed by atoms with Crippen molar-refractivity contribution in [1.82, 2.24) is 5.32 Å². The molecule has 0 unspecified atom stereocenters. The quantitative estimate of drug-likeness (QED) is 0.827. The molecule has 1 aliphatic carbocycles. The van der Waals surface area contributed by atoms with Gasteiger partial charge in [0.1, 0.15) is 5.75 Å². The first-order valence-corrected chi connectivity index (χ1v) is 7.83. The molecule has 0 radical (unpaired) electrons. The third-order valence-corrected chi connectivity index (χ3v) is 3.76. The van der Waals surface area contributed by atoms with Crippen molar-refractivity contribution in [2.45, 2.75) is 57.9 Å². The molecule has 0 atom stereocenters. The van der Waals surface area contributed by atoms with E-state index in [4.69, 9.17) is 4.74 Å². The Morgan fingerprint density at radius 1 is 1.25 bits per heavy atom. The molecule has 0 heterocycles. The first kappa shape index (κ1) is 14.9. The number of nitrogens with one attached hydrogen (secondary N) is 1. The summed E-state index contributed by atoms with van der Waals surface area (Å²) in [5, 5.41) is 3.16. The maximum absolute atomic E-state index is 12.3. The summed E-state index contributed by atoms with van der Waals surface area (Å²) < 4.78 is 5.58. The average Bonchev–Trinajstić information content (AvgIpc) is 2.74. The predicted octanol–water partition coefficient (Wildman–Crippen LogP) is 3.93. The third-order valence-electron chi connectivity index (χ3n) is 3.76. The van der Waals surface area contributed by atoms with Crippen molar-refractivity contribution in [2.75, 3.05) is 6.61 Å². The van der Waals surface area contributed by atoms with Crippen LogP contribution < -0.4 is 10.1 Å². The molecule has 3 nitrogen and oxygen atoms in total. The molecular formula is C17H25NO2. The molecule has 1 saturated carbocycles. The number of carbonyl (C=O) groups is 1.